The summed E-state index contributed by atoms with van der Waals surface area (Å²) in [6, 6.07) is 3.77. The zero-order chi connectivity index (χ0) is 21.9. The second-order valence-electron chi connectivity index (χ2n) is 9.87. The fraction of sp³-hybridized carbons (Fsp3) is 0.640. The third-order valence-electron chi connectivity index (χ3n) is 7.90. The molecule has 1 aliphatic carbocycles. The van der Waals surface area contributed by atoms with Gasteiger partial charge in [0.25, 0.3) is 5.91 Å². The van der Waals surface area contributed by atoms with Crippen LogP contribution >= 0.6 is 0 Å². The Hall–Kier alpha value is -2.09. The van der Waals surface area contributed by atoms with Crippen LogP contribution in [0.5, 0.6) is 5.75 Å². The molecule has 172 valence electrons. The number of aliphatic hydroxyl groups is 1. The Morgan fingerprint density at radius 3 is 2.50 bits per heavy atom. The molecule has 1 atom stereocenters. The van der Waals surface area contributed by atoms with Gasteiger partial charge in [0.05, 0.1) is 19.3 Å². The number of hydrogen-bond donors (Lipinski definition) is 1. The van der Waals surface area contributed by atoms with E-state index >= 15 is 0 Å². The first-order valence-corrected chi connectivity index (χ1v) is 12.0. The average Bonchev–Trinajstić information content (AvgIpc) is 3.38. The highest BCUT2D eigenvalue weighted by Gasteiger charge is 2.44. The number of ether oxygens (including phenoxy) is 3. The molecule has 7 nitrogen and oxygen atoms in total. The van der Waals surface area contributed by atoms with Gasteiger partial charge in [0, 0.05) is 48.9 Å². The lowest BCUT2D eigenvalue weighted by Crippen LogP contribution is -2.47. The molecule has 2 aromatic rings. The van der Waals surface area contributed by atoms with Gasteiger partial charge in [0.2, 0.25) is 0 Å². The monoisotopic (exact) mass is 441 g/mol. The molecule has 4 heterocycles. The molecule has 2 saturated heterocycles. The Balaban J connectivity index is 1.30. The van der Waals surface area contributed by atoms with Gasteiger partial charge in [-0.25, -0.2) is 0 Å². The van der Waals surface area contributed by atoms with E-state index < -0.39 is 11.9 Å². The number of piperidine rings is 1. The summed E-state index contributed by atoms with van der Waals surface area (Å²) in [4.78, 5) is 15.2. The zero-order valence-electron chi connectivity index (χ0n) is 18.7. The molecular weight excluding hydrogens is 410 g/mol. The van der Waals surface area contributed by atoms with E-state index in [-0.39, 0.29) is 11.5 Å². The highest BCUT2D eigenvalue weighted by atomic mass is 16.7. The van der Waals surface area contributed by atoms with Crippen molar-refractivity contribution < 1.29 is 28.5 Å². The summed E-state index contributed by atoms with van der Waals surface area (Å²) in [5.74, 6) is 0.449. The highest BCUT2D eigenvalue weighted by Crippen LogP contribution is 2.49. The van der Waals surface area contributed by atoms with Crippen LogP contribution in [0.3, 0.4) is 0 Å². The summed E-state index contributed by atoms with van der Waals surface area (Å²) < 4.78 is 24.1. The highest BCUT2D eigenvalue weighted by molar-refractivity contribution is 6.00. The van der Waals surface area contributed by atoms with Gasteiger partial charge in [-0.05, 0) is 44.7 Å². The van der Waals surface area contributed by atoms with Gasteiger partial charge in [-0.1, -0.05) is 6.42 Å². The van der Waals surface area contributed by atoms with Gasteiger partial charge in [0.15, 0.2) is 11.5 Å². The largest absolute Gasteiger partial charge is 0.487 e. The zero-order valence-corrected chi connectivity index (χ0v) is 18.7. The summed E-state index contributed by atoms with van der Waals surface area (Å²) in [5.41, 5.74) is 1.91. The lowest BCUT2D eigenvalue weighted by atomic mass is 9.77. The first-order valence-electron chi connectivity index (χ1n) is 12.0. The Kier molecular flexibility index (Phi) is 4.79. The summed E-state index contributed by atoms with van der Waals surface area (Å²) in [6.07, 6.45) is 6.80. The number of amides is 1. The molecular formula is C25H31NO6. The number of carbonyl (C=O) groups is 1. The standard InChI is InChI=1S/C25H31NO6/c1-16-20-18(5-6-19-21(20)17(27)15-24(32-19)7-3-2-4-8-24)31-22(16)23(28)26-11-9-25(10-12-26)29-13-14-30-25/h5-6,17,27H,2-4,7-15H2,1H3/t17-/m0/s1. The molecule has 3 aliphatic heterocycles. The molecule has 4 aliphatic rings. The van der Waals surface area contributed by atoms with Gasteiger partial charge in [-0.15, -0.1) is 0 Å². The predicted molar refractivity (Wildman–Crippen MR) is 117 cm³/mol. The molecule has 1 saturated carbocycles. The van der Waals surface area contributed by atoms with Crippen LogP contribution in [0.2, 0.25) is 0 Å². The number of nitrogens with zero attached hydrogens (tertiary/aromatic N) is 1. The van der Waals surface area contributed by atoms with E-state index in [1.54, 1.807) is 0 Å². The number of furan rings is 1. The van der Waals surface area contributed by atoms with Crippen molar-refractivity contribution in [3.05, 3.63) is 29.0 Å². The molecule has 0 radical (unpaired) electrons. The van der Waals surface area contributed by atoms with Gasteiger partial charge < -0.3 is 28.6 Å². The number of rotatable bonds is 1. The average molecular weight is 442 g/mol. The minimum Gasteiger partial charge on any atom is -0.487 e. The number of aliphatic hydroxyl groups excluding tert-OH is 1. The van der Waals surface area contributed by atoms with E-state index in [0.717, 1.165) is 47.9 Å². The summed E-state index contributed by atoms with van der Waals surface area (Å²) >= 11 is 0. The van der Waals surface area contributed by atoms with Crippen molar-refractivity contribution >= 4 is 16.9 Å². The molecule has 0 unspecified atom stereocenters. The van der Waals surface area contributed by atoms with Gasteiger partial charge >= 0.3 is 0 Å². The Labute approximate surface area is 187 Å². The SMILES string of the molecule is Cc1c(C(=O)N2CCC3(CC2)OCCO3)oc2ccc3c(c12)[C@@H](O)CC1(CCCCC1)O3. The van der Waals surface area contributed by atoms with Crippen LogP contribution in [-0.2, 0) is 9.47 Å². The normalized spacial score (nSPS) is 26.4. The number of hydrogen-bond acceptors (Lipinski definition) is 6. The molecule has 1 N–H and O–H groups in total. The van der Waals surface area contributed by atoms with E-state index in [2.05, 4.69) is 0 Å². The Morgan fingerprint density at radius 2 is 1.78 bits per heavy atom. The van der Waals surface area contributed by atoms with Crippen LogP contribution in [-0.4, -0.2) is 53.6 Å². The summed E-state index contributed by atoms with van der Waals surface area (Å²) in [7, 11) is 0. The van der Waals surface area contributed by atoms with Crippen LogP contribution < -0.4 is 4.74 Å². The number of carbonyl (C=O) groups excluding carboxylic acids is 1. The van der Waals surface area contributed by atoms with Gasteiger partial charge in [0.1, 0.15) is 16.9 Å². The van der Waals surface area contributed by atoms with Crippen molar-refractivity contribution in [2.45, 2.75) is 75.8 Å². The third kappa shape index (κ3) is 3.17. The second kappa shape index (κ2) is 7.47. The van der Waals surface area contributed by atoms with E-state index in [0.29, 0.717) is 56.9 Å². The quantitative estimate of drug-likeness (QED) is 0.713. The topological polar surface area (TPSA) is 81.4 Å². The second-order valence-corrected chi connectivity index (χ2v) is 9.87. The molecule has 7 heteroatoms. The number of aryl methyl sites for hydroxylation is 1. The number of benzene rings is 1. The van der Waals surface area contributed by atoms with Gasteiger partial charge in [-0.3, -0.25) is 4.79 Å². The first kappa shape index (κ1) is 20.5. The van der Waals surface area contributed by atoms with Crippen LogP contribution in [0.15, 0.2) is 16.5 Å². The lowest BCUT2D eigenvalue weighted by molar-refractivity contribution is -0.181. The van der Waals surface area contributed by atoms with Crippen molar-refractivity contribution in [1.29, 1.82) is 0 Å². The van der Waals surface area contributed by atoms with Crippen molar-refractivity contribution in [3.63, 3.8) is 0 Å². The van der Waals surface area contributed by atoms with Crippen LogP contribution in [0.25, 0.3) is 11.0 Å². The van der Waals surface area contributed by atoms with Crippen LogP contribution in [0.4, 0.5) is 0 Å². The third-order valence-corrected chi connectivity index (χ3v) is 7.90. The molecule has 1 amide bonds. The molecule has 1 aromatic heterocycles. The molecule has 2 spiro atoms. The van der Waals surface area contributed by atoms with E-state index in [9.17, 15) is 9.90 Å². The maximum atomic E-state index is 13.3. The van der Waals surface area contributed by atoms with Crippen molar-refractivity contribution in [3.8, 4) is 5.75 Å². The van der Waals surface area contributed by atoms with E-state index in [1.165, 1.54) is 6.42 Å². The number of fused-ring (bicyclic) bond motifs is 3. The maximum Gasteiger partial charge on any atom is 0.289 e. The Bertz CT molecular complexity index is 1040. The van der Waals surface area contributed by atoms with Crippen molar-refractivity contribution in [2.75, 3.05) is 26.3 Å². The molecule has 6 rings (SSSR count). The molecule has 32 heavy (non-hydrogen) atoms. The van der Waals surface area contributed by atoms with Crippen LogP contribution in [0.1, 0.15) is 79.2 Å². The Morgan fingerprint density at radius 1 is 1.06 bits per heavy atom. The van der Waals surface area contributed by atoms with E-state index in [4.69, 9.17) is 18.6 Å². The molecule has 3 fully saturated rings. The van der Waals surface area contributed by atoms with E-state index in [1.807, 2.05) is 24.0 Å². The van der Waals surface area contributed by atoms with Crippen molar-refractivity contribution in [2.24, 2.45) is 0 Å². The first-order chi connectivity index (χ1) is 15.5. The molecule has 1 aromatic carbocycles. The summed E-state index contributed by atoms with van der Waals surface area (Å²) in [5, 5.41) is 12.0. The fourth-order valence-corrected chi connectivity index (χ4v) is 6.19. The predicted octanol–water partition coefficient (Wildman–Crippen LogP) is 4.24. The number of likely N-dealkylation sites (tertiary alicyclic amines) is 1. The smallest absolute Gasteiger partial charge is 0.289 e. The minimum absolute atomic E-state index is 0.115. The fourth-order valence-electron chi connectivity index (χ4n) is 6.19. The summed E-state index contributed by atoms with van der Waals surface area (Å²) in [6.45, 7) is 4.29. The minimum atomic E-state index is -0.619. The van der Waals surface area contributed by atoms with Crippen molar-refractivity contribution in [1.82, 2.24) is 4.90 Å². The maximum absolute atomic E-state index is 13.3. The lowest BCUT2D eigenvalue weighted by Gasteiger charge is -2.43. The molecule has 0 bridgehead atoms. The van der Waals surface area contributed by atoms with Gasteiger partial charge in [-0.2, -0.15) is 0 Å². The van der Waals surface area contributed by atoms with Crippen LogP contribution in [0, 0.1) is 6.92 Å².